The number of nitrogens with zero attached hydrogens (tertiary/aromatic N) is 1. The number of benzene rings is 2. The van der Waals surface area contributed by atoms with E-state index in [1.165, 1.54) is 0 Å². The normalized spacial score (nSPS) is 18.5. The lowest BCUT2D eigenvalue weighted by atomic mass is 9.99. The maximum absolute atomic E-state index is 13.2. The number of carbonyl (C=O) groups excluding carboxylic acids is 1. The zero-order valence-corrected chi connectivity index (χ0v) is 22.9. The summed E-state index contributed by atoms with van der Waals surface area (Å²) in [6.07, 6.45) is 4.82. The Kier molecular flexibility index (Phi) is 11.3. The third kappa shape index (κ3) is 9.67. The van der Waals surface area contributed by atoms with Crippen molar-refractivity contribution in [2.75, 3.05) is 18.4 Å². The van der Waals surface area contributed by atoms with Gasteiger partial charge in [0.05, 0.1) is 10.1 Å². The molecule has 7 N–H and O–H groups in total. The number of carbonyl (C=O) groups is 2. The third-order valence-corrected chi connectivity index (χ3v) is 9.22. The molecule has 0 heterocycles. The summed E-state index contributed by atoms with van der Waals surface area (Å²) < 4.78 is 26.4. The van der Waals surface area contributed by atoms with Crippen LogP contribution >= 0.6 is 0 Å². The van der Waals surface area contributed by atoms with Crippen LogP contribution in [0.15, 0.2) is 64.5 Å². The fourth-order valence-electron chi connectivity index (χ4n) is 4.87. The van der Waals surface area contributed by atoms with Gasteiger partial charge in [0.25, 0.3) is 0 Å². The molecule has 212 valence electrons. The highest BCUT2D eigenvalue weighted by molar-refractivity contribution is 7.92. The van der Waals surface area contributed by atoms with Crippen LogP contribution in [0, 0.1) is 5.92 Å². The Morgan fingerprint density at radius 1 is 1.03 bits per heavy atom. The smallest absolute Gasteiger partial charge is 0.321 e. The van der Waals surface area contributed by atoms with E-state index in [1.54, 1.807) is 54.6 Å². The second-order valence-corrected chi connectivity index (χ2v) is 12.3. The number of guanidine groups is 1. The minimum Gasteiger partial charge on any atom is -0.480 e. The number of carboxylic acid groups (broad SMARTS) is 1. The zero-order valence-electron chi connectivity index (χ0n) is 22.1. The van der Waals surface area contributed by atoms with Crippen LogP contribution in [0.4, 0.5) is 5.69 Å². The van der Waals surface area contributed by atoms with Gasteiger partial charge in [0.15, 0.2) is 15.8 Å². The van der Waals surface area contributed by atoms with Crippen molar-refractivity contribution >= 4 is 33.4 Å². The highest BCUT2D eigenvalue weighted by atomic mass is 32.2. The Morgan fingerprint density at radius 2 is 1.72 bits per heavy atom. The maximum Gasteiger partial charge on any atom is 0.321 e. The Hall–Kier alpha value is -3.44. The number of sulfone groups is 1. The van der Waals surface area contributed by atoms with Crippen molar-refractivity contribution in [2.45, 2.75) is 67.6 Å². The van der Waals surface area contributed by atoms with Gasteiger partial charge in [0, 0.05) is 18.7 Å². The predicted molar refractivity (Wildman–Crippen MR) is 152 cm³/mol. The Morgan fingerprint density at radius 3 is 2.38 bits per heavy atom. The molecule has 1 amide bonds. The van der Waals surface area contributed by atoms with E-state index < -0.39 is 27.1 Å². The number of anilines is 1. The molecule has 3 rings (SSSR count). The average molecular weight is 558 g/mol. The summed E-state index contributed by atoms with van der Waals surface area (Å²) in [5.41, 5.74) is 12.0. The van der Waals surface area contributed by atoms with E-state index in [-0.39, 0.29) is 30.6 Å². The van der Waals surface area contributed by atoms with E-state index in [4.69, 9.17) is 11.5 Å². The van der Waals surface area contributed by atoms with Crippen LogP contribution in [-0.4, -0.2) is 55.7 Å². The molecule has 1 saturated carbocycles. The topological polar surface area (TPSA) is 177 Å². The number of amides is 1. The number of carboxylic acids is 1. The molecule has 0 radical (unpaired) electrons. The minimum atomic E-state index is -3.43. The quantitative estimate of drug-likeness (QED) is 0.108. The lowest BCUT2D eigenvalue weighted by Gasteiger charge is -2.23. The summed E-state index contributed by atoms with van der Waals surface area (Å²) in [4.78, 5) is 28.3. The van der Waals surface area contributed by atoms with Crippen molar-refractivity contribution in [3.05, 3.63) is 60.2 Å². The van der Waals surface area contributed by atoms with Crippen LogP contribution in [0.3, 0.4) is 0 Å². The predicted octanol–water partition coefficient (Wildman–Crippen LogP) is 2.69. The molecule has 39 heavy (non-hydrogen) atoms. The molecule has 3 atom stereocenters. The molecule has 2 aromatic rings. The van der Waals surface area contributed by atoms with E-state index in [0.717, 1.165) is 24.8 Å². The number of aliphatic carboxylic acids is 1. The number of aliphatic imine (C=N–C) groups is 1. The third-order valence-electron chi connectivity index (χ3n) is 6.98. The molecule has 0 saturated heterocycles. The Labute approximate surface area is 230 Å². The number of rotatable bonds is 13. The standard InChI is InChI=1S/C28H39N5O5S/c29-28(30)31-16-6-11-26(34)33-22-14-12-20(13-15-22)18-25(27(35)36)32-19-21-7-4-5-10-24(17-21)39(37,38)23-8-2-1-3-9-23/h1-3,8-9,12-15,21,24-25,32H,4-7,10-11,16-19H2,(H,33,34)(H,35,36)(H4,29,30,31)/t21-,24?,25+/m1/s1. The lowest BCUT2D eigenvalue weighted by molar-refractivity contribution is -0.139. The number of hydrogen-bond acceptors (Lipinski definition) is 6. The fraction of sp³-hybridized carbons (Fsp3) is 0.464. The molecular formula is C28H39N5O5S. The van der Waals surface area contributed by atoms with Gasteiger partial charge in [0.1, 0.15) is 6.04 Å². The van der Waals surface area contributed by atoms with Gasteiger partial charge in [-0.15, -0.1) is 0 Å². The molecule has 10 nitrogen and oxygen atoms in total. The zero-order chi connectivity index (χ0) is 28.3. The van der Waals surface area contributed by atoms with Crippen LogP contribution in [-0.2, 0) is 25.8 Å². The minimum absolute atomic E-state index is 0.00501. The van der Waals surface area contributed by atoms with E-state index in [0.29, 0.717) is 42.9 Å². The van der Waals surface area contributed by atoms with Crippen LogP contribution in [0.2, 0.25) is 0 Å². The summed E-state index contributed by atoms with van der Waals surface area (Å²) >= 11 is 0. The SMILES string of the molecule is NC(N)=NCCCC(=O)Nc1ccc(C[C@H](NC[C@@H]2CCCCC(S(=O)(=O)c3ccccc3)C2)C(=O)O)cc1. The molecule has 1 aliphatic carbocycles. The van der Waals surface area contributed by atoms with Crippen LogP contribution in [0.25, 0.3) is 0 Å². The lowest BCUT2D eigenvalue weighted by Crippen LogP contribution is -2.41. The van der Waals surface area contributed by atoms with Crippen molar-refractivity contribution < 1.29 is 23.1 Å². The van der Waals surface area contributed by atoms with E-state index in [2.05, 4.69) is 15.6 Å². The van der Waals surface area contributed by atoms with Crippen LogP contribution < -0.4 is 22.1 Å². The van der Waals surface area contributed by atoms with Crippen molar-refractivity contribution in [1.82, 2.24) is 5.32 Å². The average Bonchev–Trinajstić information content (AvgIpc) is 3.16. The molecule has 1 fully saturated rings. The van der Waals surface area contributed by atoms with Gasteiger partial charge in [-0.3, -0.25) is 14.6 Å². The monoisotopic (exact) mass is 557 g/mol. The van der Waals surface area contributed by atoms with Gasteiger partial charge in [0.2, 0.25) is 5.91 Å². The maximum atomic E-state index is 13.2. The first-order valence-corrected chi connectivity index (χ1v) is 14.9. The van der Waals surface area contributed by atoms with Gasteiger partial charge < -0.3 is 27.2 Å². The largest absolute Gasteiger partial charge is 0.480 e. The first-order valence-electron chi connectivity index (χ1n) is 13.3. The van der Waals surface area contributed by atoms with Gasteiger partial charge >= 0.3 is 5.97 Å². The number of nitrogens with two attached hydrogens (primary N) is 2. The molecule has 0 bridgehead atoms. The van der Waals surface area contributed by atoms with Gasteiger partial charge in [-0.25, -0.2) is 8.42 Å². The summed E-state index contributed by atoms with van der Waals surface area (Å²) in [7, 11) is -3.43. The van der Waals surface area contributed by atoms with Crippen LogP contribution in [0.5, 0.6) is 0 Å². The van der Waals surface area contributed by atoms with Crippen molar-refractivity contribution in [3.8, 4) is 0 Å². The second kappa shape index (κ2) is 14.6. The van der Waals surface area contributed by atoms with Gasteiger partial charge in [-0.1, -0.05) is 43.2 Å². The molecule has 2 aromatic carbocycles. The first-order chi connectivity index (χ1) is 18.6. The Balaban J connectivity index is 1.53. The number of hydrogen-bond donors (Lipinski definition) is 5. The first kappa shape index (κ1) is 30.1. The van der Waals surface area contributed by atoms with Gasteiger partial charge in [-0.05, 0) is 74.4 Å². The molecule has 0 aromatic heterocycles. The molecule has 0 spiro atoms. The molecule has 0 aliphatic heterocycles. The second-order valence-electron chi connectivity index (χ2n) is 10.0. The van der Waals surface area contributed by atoms with Crippen molar-refractivity contribution in [2.24, 2.45) is 22.4 Å². The Bertz CT molecular complexity index is 1210. The van der Waals surface area contributed by atoms with Crippen LogP contribution in [0.1, 0.15) is 50.5 Å². The summed E-state index contributed by atoms with van der Waals surface area (Å²) in [5, 5.41) is 15.3. The fourth-order valence-corrected chi connectivity index (χ4v) is 6.79. The number of nitrogens with one attached hydrogen (secondary N) is 2. The highest BCUT2D eigenvalue weighted by Gasteiger charge is 2.32. The highest BCUT2D eigenvalue weighted by Crippen LogP contribution is 2.31. The van der Waals surface area contributed by atoms with Crippen molar-refractivity contribution in [1.29, 1.82) is 0 Å². The van der Waals surface area contributed by atoms with Crippen molar-refractivity contribution in [3.63, 3.8) is 0 Å². The molecule has 1 aliphatic rings. The molecular weight excluding hydrogens is 518 g/mol. The molecule has 11 heteroatoms. The van der Waals surface area contributed by atoms with E-state index in [1.807, 2.05) is 0 Å². The summed E-state index contributed by atoms with van der Waals surface area (Å²) in [6, 6.07) is 14.8. The van der Waals surface area contributed by atoms with E-state index >= 15 is 0 Å². The summed E-state index contributed by atoms with van der Waals surface area (Å²) in [5.74, 6) is -1.05. The van der Waals surface area contributed by atoms with E-state index in [9.17, 15) is 23.1 Å². The summed E-state index contributed by atoms with van der Waals surface area (Å²) in [6.45, 7) is 0.814. The molecule has 1 unspecified atom stereocenters. The van der Waals surface area contributed by atoms with Gasteiger partial charge in [-0.2, -0.15) is 0 Å².